The molecule has 2 aromatic rings. The van der Waals surface area contributed by atoms with Crippen LogP contribution in [0.1, 0.15) is 5.56 Å². The number of nitrogens with zero attached hydrogens (tertiary/aromatic N) is 2. The molecule has 0 radical (unpaired) electrons. The van der Waals surface area contributed by atoms with E-state index in [1.54, 1.807) is 24.5 Å². The van der Waals surface area contributed by atoms with E-state index in [0.29, 0.717) is 5.69 Å². The number of aromatic nitrogens is 1. The Balaban J connectivity index is 2.30. The number of aryl methyl sites for hydroxylation is 1. The fourth-order valence-corrected chi connectivity index (χ4v) is 1.54. The van der Waals surface area contributed by atoms with Crippen LogP contribution >= 0.6 is 0 Å². The van der Waals surface area contributed by atoms with E-state index in [0.717, 1.165) is 11.3 Å². The van der Waals surface area contributed by atoms with Gasteiger partial charge in [-0.3, -0.25) is 15.1 Å². The van der Waals surface area contributed by atoms with Gasteiger partial charge in [-0.2, -0.15) is 0 Å². The highest BCUT2D eigenvalue weighted by Crippen LogP contribution is 2.23. The monoisotopic (exact) mass is 229 g/mol. The number of non-ortho nitro benzene ring substituents is 1. The van der Waals surface area contributed by atoms with Crippen molar-refractivity contribution in [2.45, 2.75) is 6.92 Å². The Morgan fingerprint density at radius 3 is 2.53 bits per heavy atom. The molecular formula is C12H11N3O2. The Morgan fingerprint density at radius 2 is 1.88 bits per heavy atom. The average molecular weight is 229 g/mol. The van der Waals surface area contributed by atoms with Gasteiger partial charge in [0, 0.05) is 35.9 Å². The van der Waals surface area contributed by atoms with Crippen molar-refractivity contribution in [3.63, 3.8) is 0 Å². The molecule has 0 unspecified atom stereocenters. The second-order valence-electron chi connectivity index (χ2n) is 3.68. The molecule has 2 rings (SSSR count). The molecule has 0 fully saturated rings. The highest BCUT2D eigenvalue weighted by molar-refractivity contribution is 5.62. The van der Waals surface area contributed by atoms with Crippen molar-refractivity contribution in [2.24, 2.45) is 0 Å². The van der Waals surface area contributed by atoms with Gasteiger partial charge in [-0.15, -0.1) is 0 Å². The van der Waals surface area contributed by atoms with Crippen molar-refractivity contribution in [1.29, 1.82) is 0 Å². The van der Waals surface area contributed by atoms with Crippen LogP contribution in [-0.4, -0.2) is 9.91 Å². The highest BCUT2D eigenvalue weighted by atomic mass is 16.6. The summed E-state index contributed by atoms with van der Waals surface area (Å²) in [6, 6.07) is 8.50. The molecule has 1 heterocycles. The smallest absolute Gasteiger partial charge is 0.271 e. The van der Waals surface area contributed by atoms with Gasteiger partial charge in [0.15, 0.2) is 0 Å². The summed E-state index contributed by atoms with van der Waals surface area (Å²) in [4.78, 5) is 14.2. The lowest BCUT2D eigenvalue weighted by molar-refractivity contribution is -0.384. The van der Waals surface area contributed by atoms with E-state index in [4.69, 9.17) is 0 Å². The van der Waals surface area contributed by atoms with Crippen LogP contribution in [0, 0.1) is 17.0 Å². The summed E-state index contributed by atoms with van der Waals surface area (Å²) in [6.45, 7) is 1.82. The Labute approximate surface area is 98.3 Å². The number of nitro groups is 1. The predicted molar refractivity (Wildman–Crippen MR) is 65.4 cm³/mol. The minimum atomic E-state index is -0.398. The van der Waals surface area contributed by atoms with Crippen molar-refractivity contribution in [2.75, 3.05) is 5.32 Å². The van der Waals surface area contributed by atoms with Gasteiger partial charge in [0.1, 0.15) is 0 Å². The standard InChI is InChI=1S/C12H11N3O2/c1-9-6-11(8-12(7-9)15(16)17)14-10-2-4-13-5-3-10/h2-8H,1H3,(H,13,14). The van der Waals surface area contributed by atoms with E-state index < -0.39 is 4.92 Å². The van der Waals surface area contributed by atoms with Crippen LogP contribution < -0.4 is 5.32 Å². The minimum absolute atomic E-state index is 0.0848. The molecule has 86 valence electrons. The van der Waals surface area contributed by atoms with E-state index in [1.165, 1.54) is 12.1 Å². The number of nitrogens with one attached hydrogen (secondary N) is 1. The molecule has 0 bridgehead atoms. The summed E-state index contributed by atoms with van der Waals surface area (Å²) >= 11 is 0. The molecule has 5 heteroatoms. The van der Waals surface area contributed by atoms with Crippen molar-refractivity contribution in [1.82, 2.24) is 4.98 Å². The first-order valence-electron chi connectivity index (χ1n) is 5.08. The molecule has 0 aliphatic rings. The van der Waals surface area contributed by atoms with Gasteiger partial charge in [0.25, 0.3) is 5.69 Å². The van der Waals surface area contributed by atoms with Crippen LogP contribution in [0.5, 0.6) is 0 Å². The van der Waals surface area contributed by atoms with Crippen LogP contribution in [0.3, 0.4) is 0 Å². The fraction of sp³-hybridized carbons (Fsp3) is 0.0833. The zero-order valence-corrected chi connectivity index (χ0v) is 9.25. The zero-order valence-electron chi connectivity index (χ0n) is 9.25. The Bertz CT molecular complexity index is 541. The second-order valence-corrected chi connectivity index (χ2v) is 3.68. The van der Waals surface area contributed by atoms with Crippen molar-refractivity contribution in [3.8, 4) is 0 Å². The summed E-state index contributed by atoms with van der Waals surface area (Å²) < 4.78 is 0. The number of hydrogen-bond donors (Lipinski definition) is 1. The molecule has 0 spiro atoms. The summed E-state index contributed by atoms with van der Waals surface area (Å²) in [6.07, 6.45) is 3.32. The van der Waals surface area contributed by atoms with Crippen molar-refractivity contribution >= 4 is 17.1 Å². The Kier molecular flexibility index (Phi) is 3.00. The normalized spacial score (nSPS) is 9.94. The first-order chi connectivity index (χ1) is 8.15. The average Bonchev–Trinajstić information content (AvgIpc) is 2.29. The zero-order chi connectivity index (χ0) is 12.3. The maximum absolute atomic E-state index is 10.7. The SMILES string of the molecule is Cc1cc(Nc2ccncc2)cc([N+](=O)[O-])c1. The molecule has 0 aliphatic carbocycles. The fourth-order valence-electron chi connectivity index (χ4n) is 1.54. The van der Waals surface area contributed by atoms with Crippen molar-refractivity contribution in [3.05, 3.63) is 58.4 Å². The molecule has 0 amide bonds. The number of hydrogen-bond acceptors (Lipinski definition) is 4. The third-order valence-corrected chi connectivity index (χ3v) is 2.24. The van der Waals surface area contributed by atoms with E-state index in [2.05, 4.69) is 10.3 Å². The van der Waals surface area contributed by atoms with Gasteiger partial charge in [-0.05, 0) is 30.7 Å². The van der Waals surface area contributed by atoms with Crippen LogP contribution in [0.2, 0.25) is 0 Å². The molecule has 1 N–H and O–H groups in total. The van der Waals surface area contributed by atoms with Gasteiger partial charge < -0.3 is 5.32 Å². The van der Waals surface area contributed by atoms with Gasteiger partial charge in [0.05, 0.1) is 4.92 Å². The molecule has 17 heavy (non-hydrogen) atoms. The van der Waals surface area contributed by atoms with Crippen LogP contribution in [0.4, 0.5) is 17.1 Å². The van der Waals surface area contributed by atoms with Crippen molar-refractivity contribution < 1.29 is 4.92 Å². The summed E-state index contributed by atoms with van der Waals surface area (Å²) in [7, 11) is 0. The molecule has 5 nitrogen and oxygen atoms in total. The van der Waals surface area contributed by atoms with Crippen LogP contribution in [0.15, 0.2) is 42.7 Å². The summed E-state index contributed by atoms with van der Waals surface area (Å²) in [5, 5.41) is 13.8. The van der Waals surface area contributed by atoms with E-state index in [9.17, 15) is 10.1 Å². The lowest BCUT2D eigenvalue weighted by Crippen LogP contribution is -1.94. The molecule has 1 aromatic heterocycles. The van der Waals surface area contributed by atoms with E-state index >= 15 is 0 Å². The van der Waals surface area contributed by atoms with Gasteiger partial charge in [-0.1, -0.05) is 0 Å². The summed E-state index contributed by atoms with van der Waals surface area (Å²) in [5.41, 5.74) is 2.47. The lowest BCUT2D eigenvalue weighted by Gasteiger charge is -2.06. The Morgan fingerprint density at radius 1 is 1.18 bits per heavy atom. The summed E-state index contributed by atoms with van der Waals surface area (Å²) in [5.74, 6) is 0. The molecule has 0 saturated carbocycles. The van der Waals surface area contributed by atoms with Crippen LogP contribution in [0.25, 0.3) is 0 Å². The highest BCUT2D eigenvalue weighted by Gasteiger charge is 2.07. The molecule has 0 atom stereocenters. The van der Waals surface area contributed by atoms with Crippen LogP contribution in [-0.2, 0) is 0 Å². The third-order valence-electron chi connectivity index (χ3n) is 2.24. The van der Waals surface area contributed by atoms with Gasteiger partial charge in [0.2, 0.25) is 0 Å². The Hall–Kier alpha value is -2.43. The lowest BCUT2D eigenvalue weighted by atomic mass is 10.2. The number of rotatable bonds is 3. The van der Waals surface area contributed by atoms with Gasteiger partial charge >= 0.3 is 0 Å². The first-order valence-corrected chi connectivity index (χ1v) is 5.08. The predicted octanol–water partition coefficient (Wildman–Crippen LogP) is 3.04. The maximum atomic E-state index is 10.7. The van der Waals surface area contributed by atoms with E-state index in [1.807, 2.05) is 13.0 Å². The quantitative estimate of drug-likeness (QED) is 0.648. The molecular weight excluding hydrogens is 218 g/mol. The van der Waals surface area contributed by atoms with E-state index in [-0.39, 0.29) is 5.69 Å². The molecule has 0 saturated heterocycles. The number of benzene rings is 1. The number of nitro benzene ring substituents is 1. The minimum Gasteiger partial charge on any atom is -0.355 e. The molecule has 1 aromatic carbocycles. The molecule has 0 aliphatic heterocycles. The topological polar surface area (TPSA) is 68.1 Å². The largest absolute Gasteiger partial charge is 0.355 e. The number of pyridine rings is 1. The third kappa shape index (κ3) is 2.78. The maximum Gasteiger partial charge on any atom is 0.271 e. The second kappa shape index (κ2) is 4.61. The van der Waals surface area contributed by atoms with Gasteiger partial charge in [-0.25, -0.2) is 0 Å². The number of anilines is 2. The first kappa shape index (κ1) is 11.1.